The summed E-state index contributed by atoms with van der Waals surface area (Å²) in [6.45, 7) is 7.08. The lowest BCUT2D eigenvalue weighted by Crippen LogP contribution is -2.50. The zero-order chi connectivity index (χ0) is 12.3. The van der Waals surface area contributed by atoms with Gasteiger partial charge in [0, 0.05) is 37.8 Å². The first-order chi connectivity index (χ1) is 8.24. The smallest absolute Gasteiger partial charge is 0.122 e. The van der Waals surface area contributed by atoms with Gasteiger partial charge in [-0.2, -0.15) is 0 Å². The van der Waals surface area contributed by atoms with Crippen molar-refractivity contribution in [1.29, 1.82) is 0 Å². The molecule has 1 atom stereocenters. The van der Waals surface area contributed by atoms with Crippen molar-refractivity contribution in [3.05, 3.63) is 23.7 Å². The SMILES string of the molecule is CCC1CN(Cc2occc2CN)CCN1C. The Morgan fingerprint density at radius 2 is 2.29 bits per heavy atom. The van der Waals surface area contributed by atoms with Gasteiger partial charge in [0.15, 0.2) is 0 Å². The fraction of sp³-hybridized carbons (Fsp3) is 0.692. The van der Waals surface area contributed by atoms with E-state index >= 15 is 0 Å². The summed E-state index contributed by atoms with van der Waals surface area (Å²) in [5.74, 6) is 1.03. The Kier molecular flexibility index (Phi) is 4.20. The molecule has 96 valence electrons. The minimum Gasteiger partial charge on any atom is -0.468 e. The van der Waals surface area contributed by atoms with E-state index in [2.05, 4.69) is 23.8 Å². The zero-order valence-electron chi connectivity index (χ0n) is 10.9. The number of hydrogen-bond donors (Lipinski definition) is 1. The van der Waals surface area contributed by atoms with Gasteiger partial charge in [0.05, 0.1) is 12.8 Å². The molecule has 2 heterocycles. The van der Waals surface area contributed by atoms with E-state index in [-0.39, 0.29) is 0 Å². The number of hydrogen-bond acceptors (Lipinski definition) is 4. The molecule has 1 aliphatic rings. The molecule has 1 aromatic rings. The number of nitrogens with zero attached hydrogens (tertiary/aromatic N) is 2. The molecule has 2 N–H and O–H groups in total. The van der Waals surface area contributed by atoms with E-state index in [0.29, 0.717) is 12.6 Å². The molecule has 4 heteroatoms. The van der Waals surface area contributed by atoms with Gasteiger partial charge < -0.3 is 15.1 Å². The maximum absolute atomic E-state index is 5.69. The van der Waals surface area contributed by atoms with Crippen molar-refractivity contribution < 1.29 is 4.42 Å². The van der Waals surface area contributed by atoms with E-state index in [1.54, 1.807) is 6.26 Å². The fourth-order valence-electron chi connectivity index (χ4n) is 2.49. The molecule has 0 radical (unpaired) electrons. The molecule has 4 nitrogen and oxygen atoms in total. The van der Waals surface area contributed by atoms with Gasteiger partial charge in [0.1, 0.15) is 5.76 Å². The summed E-state index contributed by atoms with van der Waals surface area (Å²) in [5, 5.41) is 0. The Morgan fingerprint density at radius 1 is 1.47 bits per heavy atom. The van der Waals surface area contributed by atoms with Gasteiger partial charge in [-0.15, -0.1) is 0 Å². The highest BCUT2D eigenvalue weighted by Crippen LogP contribution is 2.17. The molecule has 1 fully saturated rings. The molecule has 1 unspecified atom stereocenters. The van der Waals surface area contributed by atoms with Crippen LogP contribution in [-0.2, 0) is 13.1 Å². The van der Waals surface area contributed by atoms with Crippen molar-refractivity contribution >= 4 is 0 Å². The van der Waals surface area contributed by atoms with Crippen molar-refractivity contribution in [2.75, 3.05) is 26.7 Å². The average molecular weight is 237 g/mol. The number of likely N-dealkylation sites (N-methyl/N-ethyl adjacent to an activating group) is 1. The Labute approximate surface area is 103 Å². The molecule has 0 aromatic carbocycles. The van der Waals surface area contributed by atoms with Crippen LogP contribution in [-0.4, -0.2) is 42.5 Å². The molecule has 1 aliphatic heterocycles. The maximum atomic E-state index is 5.69. The third kappa shape index (κ3) is 2.89. The van der Waals surface area contributed by atoms with E-state index in [9.17, 15) is 0 Å². The molecule has 0 amide bonds. The predicted octanol–water partition coefficient (Wildman–Crippen LogP) is 1.26. The van der Waals surface area contributed by atoms with Crippen LogP contribution in [0.2, 0.25) is 0 Å². The highest BCUT2D eigenvalue weighted by Gasteiger charge is 2.23. The van der Waals surface area contributed by atoms with Crippen molar-refractivity contribution in [2.45, 2.75) is 32.5 Å². The lowest BCUT2D eigenvalue weighted by atomic mass is 10.1. The molecule has 1 aromatic heterocycles. The van der Waals surface area contributed by atoms with Crippen molar-refractivity contribution in [1.82, 2.24) is 9.80 Å². The van der Waals surface area contributed by atoms with Crippen LogP contribution < -0.4 is 5.73 Å². The molecular formula is C13H23N3O. The highest BCUT2D eigenvalue weighted by atomic mass is 16.3. The standard InChI is InChI=1S/C13H23N3O/c1-3-12-9-16(6-5-15(12)2)10-13-11(8-14)4-7-17-13/h4,7,12H,3,5-6,8-10,14H2,1-2H3. The average Bonchev–Trinajstić information content (AvgIpc) is 2.79. The van der Waals surface area contributed by atoms with E-state index in [4.69, 9.17) is 10.2 Å². The summed E-state index contributed by atoms with van der Waals surface area (Å²) < 4.78 is 5.52. The number of rotatable bonds is 4. The Morgan fingerprint density at radius 3 is 3.00 bits per heavy atom. The molecule has 0 saturated carbocycles. The van der Waals surface area contributed by atoms with E-state index in [1.165, 1.54) is 6.42 Å². The maximum Gasteiger partial charge on any atom is 0.122 e. The Hall–Kier alpha value is -0.840. The van der Waals surface area contributed by atoms with Gasteiger partial charge in [0.25, 0.3) is 0 Å². The summed E-state index contributed by atoms with van der Waals surface area (Å²) >= 11 is 0. The molecule has 0 aliphatic carbocycles. The predicted molar refractivity (Wildman–Crippen MR) is 68.6 cm³/mol. The molecule has 0 spiro atoms. The largest absolute Gasteiger partial charge is 0.468 e. The lowest BCUT2D eigenvalue weighted by molar-refractivity contribution is 0.0833. The van der Waals surface area contributed by atoms with Crippen LogP contribution in [0.1, 0.15) is 24.7 Å². The van der Waals surface area contributed by atoms with Crippen molar-refractivity contribution in [2.24, 2.45) is 5.73 Å². The highest BCUT2D eigenvalue weighted by molar-refractivity contribution is 5.16. The fourth-order valence-corrected chi connectivity index (χ4v) is 2.49. The van der Waals surface area contributed by atoms with E-state index < -0.39 is 0 Å². The second-order valence-corrected chi connectivity index (χ2v) is 4.85. The van der Waals surface area contributed by atoms with Gasteiger partial charge in [0.2, 0.25) is 0 Å². The second-order valence-electron chi connectivity index (χ2n) is 4.85. The third-order valence-corrected chi connectivity index (χ3v) is 3.76. The monoisotopic (exact) mass is 237 g/mol. The zero-order valence-corrected chi connectivity index (χ0v) is 10.9. The number of nitrogens with two attached hydrogens (primary N) is 1. The normalized spacial score (nSPS) is 23.1. The molecule has 0 bridgehead atoms. The summed E-state index contributed by atoms with van der Waals surface area (Å²) in [6, 6.07) is 2.64. The summed E-state index contributed by atoms with van der Waals surface area (Å²) in [7, 11) is 2.21. The van der Waals surface area contributed by atoms with Crippen LogP contribution in [0.4, 0.5) is 0 Å². The summed E-state index contributed by atoms with van der Waals surface area (Å²) in [4.78, 5) is 4.91. The van der Waals surface area contributed by atoms with Crippen LogP contribution in [0.5, 0.6) is 0 Å². The summed E-state index contributed by atoms with van der Waals surface area (Å²) in [6.07, 6.45) is 2.94. The molecular weight excluding hydrogens is 214 g/mol. The lowest BCUT2D eigenvalue weighted by Gasteiger charge is -2.38. The second kappa shape index (κ2) is 5.67. The van der Waals surface area contributed by atoms with Gasteiger partial charge in [-0.3, -0.25) is 4.90 Å². The Balaban J connectivity index is 1.95. The Bertz CT molecular complexity index is 350. The number of piperazine rings is 1. The van der Waals surface area contributed by atoms with Crippen LogP contribution in [0.15, 0.2) is 16.7 Å². The first kappa shape index (κ1) is 12.6. The van der Waals surface area contributed by atoms with Crippen molar-refractivity contribution in [3.63, 3.8) is 0 Å². The first-order valence-electron chi connectivity index (χ1n) is 6.42. The minimum absolute atomic E-state index is 0.566. The molecule has 17 heavy (non-hydrogen) atoms. The van der Waals surface area contributed by atoms with E-state index in [0.717, 1.165) is 37.5 Å². The van der Waals surface area contributed by atoms with Gasteiger partial charge in [-0.1, -0.05) is 6.92 Å². The van der Waals surface area contributed by atoms with Gasteiger partial charge in [-0.05, 0) is 19.5 Å². The van der Waals surface area contributed by atoms with Gasteiger partial charge >= 0.3 is 0 Å². The van der Waals surface area contributed by atoms with Gasteiger partial charge in [-0.25, -0.2) is 0 Å². The number of furan rings is 1. The van der Waals surface area contributed by atoms with Crippen LogP contribution in [0, 0.1) is 0 Å². The topological polar surface area (TPSA) is 45.6 Å². The van der Waals surface area contributed by atoms with Crippen LogP contribution >= 0.6 is 0 Å². The quantitative estimate of drug-likeness (QED) is 0.856. The van der Waals surface area contributed by atoms with E-state index in [1.807, 2.05) is 6.07 Å². The molecule has 1 saturated heterocycles. The van der Waals surface area contributed by atoms with Crippen LogP contribution in [0.25, 0.3) is 0 Å². The summed E-state index contributed by atoms with van der Waals surface area (Å²) in [5.41, 5.74) is 6.83. The minimum atomic E-state index is 0.566. The van der Waals surface area contributed by atoms with Crippen LogP contribution in [0.3, 0.4) is 0 Å². The first-order valence-corrected chi connectivity index (χ1v) is 6.42. The molecule has 2 rings (SSSR count). The van der Waals surface area contributed by atoms with Crippen molar-refractivity contribution in [3.8, 4) is 0 Å². The third-order valence-electron chi connectivity index (χ3n) is 3.76.